The maximum atomic E-state index is 5.80. The fraction of sp³-hybridized carbons (Fsp3) is 1.00. The van der Waals surface area contributed by atoms with Gasteiger partial charge in [0.05, 0.1) is 6.10 Å². The van der Waals surface area contributed by atoms with E-state index in [1.54, 1.807) is 0 Å². The molecule has 100 valence electrons. The Hall–Kier alpha value is -0.120. The molecule has 0 radical (unpaired) electrons. The van der Waals surface area contributed by atoms with Crippen LogP contribution in [0, 0.1) is 0 Å². The van der Waals surface area contributed by atoms with Crippen LogP contribution < -0.4 is 5.32 Å². The molecule has 0 amide bonds. The summed E-state index contributed by atoms with van der Waals surface area (Å²) in [6.07, 6.45) is 4.10. The molecule has 0 spiro atoms. The number of piperazine rings is 1. The van der Waals surface area contributed by atoms with Crippen molar-refractivity contribution in [1.82, 2.24) is 10.2 Å². The zero-order chi connectivity index (χ0) is 12.5. The van der Waals surface area contributed by atoms with Gasteiger partial charge in [-0.25, -0.2) is 0 Å². The molecule has 3 heteroatoms. The molecule has 0 aromatic carbocycles. The highest BCUT2D eigenvalue weighted by molar-refractivity contribution is 5.01. The molecule has 2 fully saturated rings. The van der Waals surface area contributed by atoms with Crippen molar-refractivity contribution in [2.45, 2.75) is 70.7 Å². The van der Waals surface area contributed by atoms with E-state index >= 15 is 0 Å². The van der Waals surface area contributed by atoms with Crippen molar-refractivity contribution < 1.29 is 4.74 Å². The van der Waals surface area contributed by atoms with Gasteiger partial charge >= 0.3 is 0 Å². The van der Waals surface area contributed by atoms with Crippen molar-refractivity contribution in [2.24, 2.45) is 0 Å². The Kier molecular flexibility index (Phi) is 4.11. The predicted molar refractivity (Wildman–Crippen MR) is 71.3 cm³/mol. The molecule has 2 saturated heterocycles. The number of rotatable bonds is 3. The van der Waals surface area contributed by atoms with Gasteiger partial charge in [0.25, 0.3) is 0 Å². The summed E-state index contributed by atoms with van der Waals surface area (Å²) in [5.74, 6) is 0. The van der Waals surface area contributed by atoms with Crippen LogP contribution in [0.15, 0.2) is 0 Å². The SMILES string of the molecule is CCCC1CN(C2(C)CCOC2C)C(C)CN1. The predicted octanol–water partition coefficient (Wildman–Crippen LogP) is 2.02. The lowest BCUT2D eigenvalue weighted by atomic mass is 9.88. The Labute approximate surface area is 106 Å². The van der Waals surface area contributed by atoms with Crippen molar-refractivity contribution in [3.05, 3.63) is 0 Å². The van der Waals surface area contributed by atoms with Gasteiger partial charge in [-0.3, -0.25) is 4.90 Å². The molecular formula is C14H28N2O. The third-order valence-electron chi connectivity index (χ3n) is 4.80. The van der Waals surface area contributed by atoms with E-state index in [0.717, 1.165) is 13.2 Å². The number of nitrogens with zero attached hydrogens (tertiary/aromatic N) is 1. The third-order valence-corrected chi connectivity index (χ3v) is 4.80. The normalized spacial score (nSPS) is 44.1. The average Bonchev–Trinajstić information content (AvgIpc) is 2.63. The highest BCUT2D eigenvalue weighted by Crippen LogP contribution is 2.34. The third kappa shape index (κ3) is 2.51. The van der Waals surface area contributed by atoms with Gasteiger partial charge in [0.1, 0.15) is 0 Å². The highest BCUT2D eigenvalue weighted by atomic mass is 16.5. The van der Waals surface area contributed by atoms with Gasteiger partial charge in [-0.2, -0.15) is 0 Å². The Morgan fingerprint density at radius 3 is 2.76 bits per heavy atom. The smallest absolute Gasteiger partial charge is 0.0728 e. The highest BCUT2D eigenvalue weighted by Gasteiger charge is 2.45. The topological polar surface area (TPSA) is 24.5 Å². The van der Waals surface area contributed by atoms with E-state index in [4.69, 9.17) is 4.74 Å². The van der Waals surface area contributed by atoms with Crippen LogP contribution in [0.1, 0.15) is 47.0 Å². The molecule has 3 nitrogen and oxygen atoms in total. The van der Waals surface area contributed by atoms with E-state index in [-0.39, 0.29) is 5.54 Å². The fourth-order valence-corrected chi connectivity index (χ4v) is 3.39. The molecule has 0 aromatic rings. The first kappa shape index (κ1) is 13.3. The Balaban J connectivity index is 2.06. The standard InChI is InChI=1S/C14H28N2O/c1-5-6-13-10-16(11(2)9-15-13)14(4)7-8-17-12(14)3/h11-13,15H,5-10H2,1-4H3. The molecule has 0 aromatic heterocycles. The average molecular weight is 240 g/mol. The van der Waals surface area contributed by atoms with Gasteiger partial charge in [0.15, 0.2) is 0 Å². The number of hydrogen-bond acceptors (Lipinski definition) is 3. The van der Waals surface area contributed by atoms with Gasteiger partial charge in [0.2, 0.25) is 0 Å². The van der Waals surface area contributed by atoms with Gasteiger partial charge < -0.3 is 10.1 Å². The molecular weight excluding hydrogens is 212 g/mol. The Morgan fingerprint density at radius 1 is 1.41 bits per heavy atom. The first-order valence-electron chi connectivity index (χ1n) is 7.19. The van der Waals surface area contributed by atoms with Crippen LogP contribution in [0.3, 0.4) is 0 Å². The fourth-order valence-electron chi connectivity index (χ4n) is 3.39. The first-order valence-corrected chi connectivity index (χ1v) is 7.19. The van der Waals surface area contributed by atoms with Crippen LogP contribution >= 0.6 is 0 Å². The molecule has 2 heterocycles. The second-order valence-corrected chi connectivity index (χ2v) is 6.02. The number of hydrogen-bond donors (Lipinski definition) is 1. The van der Waals surface area contributed by atoms with Crippen LogP contribution in [-0.2, 0) is 4.74 Å². The molecule has 2 aliphatic heterocycles. The lowest BCUT2D eigenvalue weighted by Crippen LogP contribution is -2.64. The zero-order valence-corrected chi connectivity index (χ0v) is 11.8. The summed E-state index contributed by atoms with van der Waals surface area (Å²) in [5.41, 5.74) is 0.244. The summed E-state index contributed by atoms with van der Waals surface area (Å²) in [5, 5.41) is 3.67. The van der Waals surface area contributed by atoms with Crippen LogP contribution in [-0.4, -0.2) is 48.3 Å². The van der Waals surface area contributed by atoms with Gasteiger partial charge in [-0.15, -0.1) is 0 Å². The maximum absolute atomic E-state index is 5.80. The van der Waals surface area contributed by atoms with E-state index in [1.807, 2.05) is 0 Å². The van der Waals surface area contributed by atoms with Gasteiger partial charge in [-0.1, -0.05) is 13.3 Å². The van der Waals surface area contributed by atoms with Crippen LogP contribution in [0.2, 0.25) is 0 Å². The molecule has 0 saturated carbocycles. The Bertz CT molecular complexity index is 259. The van der Waals surface area contributed by atoms with Crippen LogP contribution in [0.5, 0.6) is 0 Å². The van der Waals surface area contributed by atoms with Crippen molar-refractivity contribution in [1.29, 1.82) is 0 Å². The van der Waals surface area contributed by atoms with Gasteiger partial charge in [-0.05, 0) is 33.6 Å². The zero-order valence-electron chi connectivity index (χ0n) is 11.8. The van der Waals surface area contributed by atoms with Gasteiger partial charge in [0, 0.05) is 37.3 Å². The number of nitrogens with one attached hydrogen (secondary N) is 1. The summed E-state index contributed by atoms with van der Waals surface area (Å²) in [6, 6.07) is 1.29. The van der Waals surface area contributed by atoms with E-state index in [0.29, 0.717) is 18.2 Å². The van der Waals surface area contributed by atoms with Crippen molar-refractivity contribution in [3.63, 3.8) is 0 Å². The molecule has 4 unspecified atom stereocenters. The van der Waals surface area contributed by atoms with E-state index in [2.05, 4.69) is 37.9 Å². The van der Waals surface area contributed by atoms with Crippen molar-refractivity contribution >= 4 is 0 Å². The van der Waals surface area contributed by atoms with Crippen molar-refractivity contribution in [2.75, 3.05) is 19.7 Å². The lowest BCUT2D eigenvalue weighted by molar-refractivity contribution is -0.0206. The number of ether oxygens (including phenoxy) is 1. The molecule has 17 heavy (non-hydrogen) atoms. The summed E-state index contributed by atoms with van der Waals surface area (Å²) in [4.78, 5) is 2.70. The molecule has 2 rings (SSSR count). The van der Waals surface area contributed by atoms with E-state index in [1.165, 1.54) is 25.8 Å². The summed E-state index contributed by atoms with van der Waals surface area (Å²) < 4.78 is 5.80. The quantitative estimate of drug-likeness (QED) is 0.817. The van der Waals surface area contributed by atoms with Crippen molar-refractivity contribution in [3.8, 4) is 0 Å². The molecule has 2 aliphatic rings. The Morgan fingerprint density at radius 2 is 2.18 bits per heavy atom. The maximum Gasteiger partial charge on any atom is 0.0728 e. The second kappa shape index (κ2) is 5.25. The second-order valence-electron chi connectivity index (χ2n) is 6.02. The minimum atomic E-state index is 0.244. The van der Waals surface area contributed by atoms with Crippen LogP contribution in [0.4, 0.5) is 0 Å². The molecule has 1 N–H and O–H groups in total. The summed E-state index contributed by atoms with van der Waals surface area (Å²) in [7, 11) is 0. The summed E-state index contributed by atoms with van der Waals surface area (Å²) in [6.45, 7) is 12.4. The first-order chi connectivity index (χ1) is 8.08. The minimum absolute atomic E-state index is 0.244. The minimum Gasteiger partial charge on any atom is -0.377 e. The molecule has 0 bridgehead atoms. The molecule has 4 atom stereocenters. The van der Waals surface area contributed by atoms with E-state index in [9.17, 15) is 0 Å². The lowest BCUT2D eigenvalue weighted by Gasteiger charge is -2.49. The molecule has 0 aliphatic carbocycles. The summed E-state index contributed by atoms with van der Waals surface area (Å²) >= 11 is 0. The van der Waals surface area contributed by atoms with Crippen LogP contribution in [0.25, 0.3) is 0 Å². The monoisotopic (exact) mass is 240 g/mol. The van der Waals surface area contributed by atoms with E-state index < -0.39 is 0 Å². The largest absolute Gasteiger partial charge is 0.377 e.